The molecule has 0 aromatic heterocycles. The van der Waals surface area contributed by atoms with Crippen LogP contribution in [0, 0.1) is 0 Å². The van der Waals surface area contributed by atoms with E-state index in [0.29, 0.717) is 6.61 Å². The fourth-order valence-corrected chi connectivity index (χ4v) is 1.80. The maximum Gasteiger partial charge on any atom is 0.0930 e. The lowest BCUT2D eigenvalue weighted by Crippen LogP contribution is -2.11. The molecule has 1 rings (SSSR count). The third-order valence-corrected chi connectivity index (χ3v) is 2.59. The van der Waals surface area contributed by atoms with Gasteiger partial charge in [-0.15, -0.1) is 0 Å². The lowest BCUT2D eigenvalue weighted by Gasteiger charge is -2.12. The minimum atomic E-state index is 0.445. The quantitative estimate of drug-likeness (QED) is 0.839. The zero-order valence-corrected chi connectivity index (χ0v) is 10.0. The van der Waals surface area contributed by atoms with Crippen LogP contribution in [-0.4, -0.2) is 19.0 Å². The summed E-state index contributed by atoms with van der Waals surface area (Å²) in [5.41, 5.74) is 2.33. The fraction of sp³-hybridized carbons (Fsp3) is 0.400. The van der Waals surface area contributed by atoms with Gasteiger partial charge < -0.3 is 4.90 Å². The van der Waals surface area contributed by atoms with Gasteiger partial charge in [0, 0.05) is 11.0 Å². The molecule has 0 saturated carbocycles. The third kappa shape index (κ3) is 3.38. The molecule has 4 heteroatoms. The standard InChI is InChI=1S/C10H15BrN2O/c1-13(2)6-9-4-3-8(7-14-12)5-10(9)11/h3-5H,6-7,12H2,1-2H3. The van der Waals surface area contributed by atoms with Gasteiger partial charge in [0.05, 0.1) is 6.61 Å². The normalized spacial score (nSPS) is 10.9. The molecule has 2 N–H and O–H groups in total. The van der Waals surface area contributed by atoms with Crippen LogP contribution in [0.4, 0.5) is 0 Å². The Morgan fingerprint density at radius 1 is 1.43 bits per heavy atom. The van der Waals surface area contributed by atoms with E-state index in [1.165, 1.54) is 5.56 Å². The molecule has 1 aromatic carbocycles. The van der Waals surface area contributed by atoms with Crippen molar-refractivity contribution in [3.05, 3.63) is 33.8 Å². The van der Waals surface area contributed by atoms with Crippen molar-refractivity contribution in [3.63, 3.8) is 0 Å². The van der Waals surface area contributed by atoms with Crippen LogP contribution in [0.25, 0.3) is 0 Å². The van der Waals surface area contributed by atoms with Gasteiger partial charge in [-0.05, 0) is 31.3 Å². The Morgan fingerprint density at radius 2 is 2.14 bits per heavy atom. The van der Waals surface area contributed by atoms with Crippen LogP contribution in [0.2, 0.25) is 0 Å². The maximum atomic E-state index is 5.01. The van der Waals surface area contributed by atoms with E-state index in [2.05, 4.69) is 31.7 Å². The van der Waals surface area contributed by atoms with Crippen LogP contribution in [0.1, 0.15) is 11.1 Å². The molecule has 0 saturated heterocycles. The van der Waals surface area contributed by atoms with E-state index in [1.54, 1.807) is 0 Å². The molecular weight excluding hydrogens is 244 g/mol. The average molecular weight is 259 g/mol. The largest absolute Gasteiger partial charge is 0.305 e. The first-order chi connectivity index (χ1) is 6.63. The summed E-state index contributed by atoms with van der Waals surface area (Å²) in [5.74, 6) is 5.01. The summed E-state index contributed by atoms with van der Waals surface area (Å²) in [6.07, 6.45) is 0. The third-order valence-electron chi connectivity index (χ3n) is 1.85. The highest BCUT2D eigenvalue weighted by Gasteiger charge is 2.02. The summed E-state index contributed by atoms with van der Waals surface area (Å²) in [6, 6.07) is 6.14. The number of rotatable bonds is 4. The molecular formula is C10H15BrN2O. The van der Waals surface area contributed by atoms with Gasteiger partial charge in [0.2, 0.25) is 0 Å². The molecule has 0 heterocycles. The highest BCUT2D eigenvalue weighted by molar-refractivity contribution is 9.10. The van der Waals surface area contributed by atoms with Crippen molar-refractivity contribution in [2.75, 3.05) is 14.1 Å². The van der Waals surface area contributed by atoms with Gasteiger partial charge >= 0.3 is 0 Å². The number of halogens is 1. The second-order valence-electron chi connectivity index (χ2n) is 3.47. The molecule has 0 bridgehead atoms. The Bertz CT molecular complexity index is 302. The Hall–Kier alpha value is -0.420. The smallest absolute Gasteiger partial charge is 0.0930 e. The molecule has 0 aliphatic heterocycles. The minimum Gasteiger partial charge on any atom is -0.305 e. The first-order valence-electron chi connectivity index (χ1n) is 4.37. The van der Waals surface area contributed by atoms with E-state index in [0.717, 1.165) is 16.6 Å². The highest BCUT2D eigenvalue weighted by Crippen LogP contribution is 2.19. The molecule has 0 radical (unpaired) electrons. The van der Waals surface area contributed by atoms with E-state index in [-0.39, 0.29) is 0 Å². The van der Waals surface area contributed by atoms with Crippen molar-refractivity contribution in [1.82, 2.24) is 4.90 Å². The second kappa shape index (κ2) is 5.46. The molecule has 0 spiro atoms. The van der Waals surface area contributed by atoms with Crippen LogP contribution < -0.4 is 5.90 Å². The Balaban J connectivity index is 2.79. The van der Waals surface area contributed by atoms with Crippen LogP contribution in [0.3, 0.4) is 0 Å². The van der Waals surface area contributed by atoms with E-state index in [1.807, 2.05) is 26.2 Å². The van der Waals surface area contributed by atoms with Gasteiger partial charge in [0.15, 0.2) is 0 Å². The molecule has 14 heavy (non-hydrogen) atoms. The van der Waals surface area contributed by atoms with Crippen LogP contribution >= 0.6 is 15.9 Å². The zero-order valence-electron chi connectivity index (χ0n) is 8.46. The number of nitrogens with zero attached hydrogens (tertiary/aromatic N) is 1. The van der Waals surface area contributed by atoms with Gasteiger partial charge in [-0.1, -0.05) is 28.1 Å². The molecule has 1 aromatic rings. The minimum absolute atomic E-state index is 0.445. The van der Waals surface area contributed by atoms with Gasteiger partial charge in [-0.3, -0.25) is 4.84 Å². The van der Waals surface area contributed by atoms with Crippen molar-refractivity contribution in [2.24, 2.45) is 5.90 Å². The number of hydrogen-bond acceptors (Lipinski definition) is 3. The summed E-state index contributed by atoms with van der Waals surface area (Å²) in [5, 5.41) is 0. The average Bonchev–Trinajstić information content (AvgIpc) is 2.10. The topological polar surface area (TPSA) is 38.5 Å². The SMILES string of the molecule is CN(C)Cc1ccc(CON)cc1Br. The van der Waals surface area contributed by atoms with E-state index in [4.69, 9.17) is 5.90 Å². The number of hydrogen-bond donors (Lipinski definition) is 1. The van der Waals surface area contributed by atoms with Crippen molar-refractivity contribution < 1.29 is 4.84 Å². The monoisotopic (exact) mass is 258 g/mol. The summed E-state index contributed by atoms with van der Waals surface area (Å²) >= 11 is 3.52. The molecule has 0 fully saturated rings. The lowest BCUT2D eigenvalue weighted by molar-refractivity contribution is 0.124. The predicted molar refractivity (Wildman–Crippen MR) is 60.5 cm³/mol. The lowest BCUT2D eigenvalue weighted by atomic mass is 10.1. The van der Waals surface area contributed by atoms with Crippen molar-refractivity contribution in [3.8, 4) is 0 Å². The predicted octanol–water partition coefficient (Wildman–Crippen LogP) is 1.90. The first kappa shape index (κ1) is 11.7. The molecule has 78 valence electrons. The first-order valence-corrected chi connectivity index (χ1v) is 5.16. The van der Waals surface area contributed by atoms with E-state index < -0.39 is 0 Å². The van der Waals surface area contributed by atoms with Crippen molar-refractivity contribution in [2.45, 2.75) is 13.2 Å². The molecule has 0 aliphatic rings. The van der Waals surface area contributed by atoms with Crippen LogP contribution in [-0.2, 0) is 18.0 Å². The van der Waals surface area contributed by atoms with Crippen LogP contribution in [0.5, 0.6) is 0 Å². The van der Waals surface area contributed by atoms with Gasteiger partial charge in [0.25, 0.3) is 0 Å². The maximum absolute atomic E-state index is 5.01. The van der Waals surface area contributed by atoms with Crippen molar-refractivity contribution >= 4 is 15.9 Å². The molecule has 3 nitrogen and oxygen atoms in total. The zero-order chi connectivity index (χ0) is 10.6. The summed E-state index contributed by atoms with van der Waals surface area (Å²) in [7, 11) is 4.09. The van der Waals surface area contributed by atoms with Gasteiger partial charge in [-0.25, -0.2) is 5.90 Å². The molecule has 0 unspecified atom stereocenters. The molecule has 0 aliphatic carbocycles. The second-order valence-corrected chi connectivity index (χ2v) is 4.33. The molecule has 0 amide bonds. The Labute approximate surface area is 92.9 Å². The van der Waals surface area contributed by atoms with E-state index >= 15 is 0 Å². The van der Waals surface area contributed by atoms with Crippen molar-refractivity contribution in [1.29, 1.82) is 0 Å². The fourth-order valence-electron chi connectivity index (χ4n) is 1.25. The van der Waals surface area contributed by atoms with Crippen LogP contribution in [0.15, 0.2) is 22.7 Å². The van der Waals surface area contributed by atoms with Gasteiger partial charge in [-0.2, -0.15) is 0 Å². The Kier molecular flexibility index (Phi) is 4.54. The van der Waals surface area contributed by atoms with Gasteiger partial charge in [0.1, 0.15) is 0 Å². The van der Waals surface area contributed by atoms with E-state index in [9.17, 15) is 0 Å². The Morgan fingerprint density at radius 3 is 2.64 bits per heavy atom. The number of nitrogens with two attached hydrogens (primary N) is 1. The summed E-state index contributed by atoms with van der Waals surface area (Å²) in [6.45, 7) is 1.37. The highest BCUT2D eigenvalue weighted by atomic mass is 79.9. The summed E-state index contributed by atoms with van der Waals surface area (Å²) < 4.78 is 1.10. The molecule has 0 atom stereocenters. The number of benzene rings is 1. The summed E-state index contributed by atoms with van der Waals surface area (Å²) in [4.78, 5) is 6.70.